The number of aromatic hydroxyl groups is 1. The second kappa shape index (κ2) is 13.6. The fraction of sp³-hybridized carbons (Fsp3) is 0.333. The summed E-state index contributed by atoms with van der Waals surface area (Å²) in [5.74, 6) is 1.35. The Morgan fingerprint density at radius 3 is 2.49 bits per heavy atom. The number of fused-ring (bicyclic) bond motifs is 1. The maximum absolute atomic E-state index is 10.2. The van der Waals surface area contributed by atoms with Gasteiger partial charge in [0.25, 0.3) is 0 Å². The Bertz CT molecular complexity index is 1310. The SMILES string of the molecule is OCN1CCC(c2ccc(OCCCOCc3ccccc3)cc2)C(OCc2ccc3cccc(O)c3c2)C1. The maximum Gasteiger partial charge on any atom is 0.123 e. The highest BCUT2D eigenvalue weighted by Gasteiger charge is 2.31. The van der Waals surface area contributed by atoms with Gasteiger partial charge in [0, 0.05) is 30.8 Å². The summed E-state index contributed by atoms with van der Waals surface area (Å²) in [6.45, 7) is 3.85. The molecule has 0 saturated carbocycles. The number of likely N-dealkylation sites (tertiary alicyclic amines) is 1. The fourth-order valence-corrected chi connectivity index (χ4v) is 5.18. The minimum atomic E-state index is -0.0560. The molecule has 4 aromatic rings. The molecule has 1 aliphatic heterocycles. The number of hydrogen-bond acceptors (Lipinski definition) is 6. The van der Waals surface area contributed by atoms with E-state index in [4.69, 9.17) is 14.2 Å². The van der Waals surface area contributed by atoms with Gasteiger partial charge in [0.05, 0.1) is 39.3 Å². The van der Waals surface area contributed by atoms with Crippen molar-refractivity contribution in [2.45, 2.75) is 38.1 Å². The van der Waals surface area contributed by atoms with E-state index in [2.05, 4.69) is 24.3 Å². The van der Waals surface area contributed by atoms with Gasteiger partial charge in [0.2, 0.25) is 0 Å². The van der Waals surface area contributed by atoms with Crippen molar-refractivity contribution in [3.8, 4) is 11.5 Å². The molecule has 0 amide bonds. The molecule has 204 valence electrons. The Hall–Kier alpha value is -3.42. The first-order valence-electron chi connectivity index (χ1n) is 13.7. The predicted molar refractivity (Wildman–Crippen MR) is 153 cm³/mol. The molecule has 1 aliphatic rings. The van der Waals surface area contributed by atoms with Crippen LogP contribution in [0.5, 0.6) is 11.5 Å². The number of aliphatic hydroxyl groups excluding tert-OH is 1. The minimum absolute atomic E-state index is 0.0261. The maximum atomic E-state index is 10.2. The average Bonchev–Trinajstić information content (AvgIpc) is 2.99. The van der Waals surface area contributed by atoms with E-state index in [-0.39, 0.29) is 24.5 Å². The third-order valence-electron chi connectivity index (χ3n) is 7.35. The van der Waals surface area contributed by atoms with E-state index in [0.29, 0.717) is 33.0 Å². The Kier molecular flexibility index (Phi) is 9.46. The van der Waals surface area contributed by atoms with Gasteiger partial charge in [-0.3, -0.25) is 4.90 Å². The number of piperidine rings is 1. The average molecular weight is 528 g/mol. The second-order valence-corrected chi connectivity index (χ2v) is 10.1. The second-order valence-electron chi connectivity index (χ2n) is 10.1. The molecule has 0 bridgehead atoms. The Labute approximate surface area is 230 Å². The number of hydrogen-bond donors (Lipinski definition) is 2. The van der Waals surface area contributed by atoms with Gasteiger partial charge in [-0.2, -0.15) is 0 Å². The third-order valence-corrected chi connectivity index (χ3v) is 7.35. The molecule has 2 N–H and O–H groups in total. The van der Waals surface area contributed by atoms with Crippen LogP contribution in [-0.4, -0.2) is 54.3 Å². The normalized spacial score (nSPS) is 17.9. The van der Waals surface area contributed by atoms with Gasteiger partial charge >= 0.3 is 0 Å². The van der Waals surface area contributed by atoms with E-state index in [1.807, 2.05) is 65.6 Å². The molecule has 0 aliphatic carbocycles. The highest BCUT2D eigenvalue weighted by Crippen LogP contribution is 2.33. The molecule has 5 rings (SSSR count). The lowest BCUT2D eigenvalue weighted by Crippen LogP contribution is -2.44. The summed E-state index contributed by atoms with van der Waals surface area (Å²) in [6.07, 6.45) is 1.68. The molecule has 4 aromatic carbocycles. The van der Waals surface area contributed by atoms with Gasteiger partial charge < -0.3 is 24.4 Å². The van der Waals surface area contributed by atoms with Crippen molar-refractivity contribution in [1.29, 1.82) is 0 Å². The Balaban J connectivity index is 1.14. The van der Waals surface area contributed by atoms with Crippen molar-refractivity contribution in [2.75, 3.05) is 33.0 Å². The predicted octanol–water partition coefficient (Wildman–Crippen LogP) is 5.86. The van der Waals surface area contributed by atoms with Crippen molar-refractivity contribution in [2.24, 2.45) is 0 Å². The van der Waals surface area contributed by atoms with E-state index < -0.39 is 0 Å². The van der Waals surface area contributed by atoms with Gasteiger partial charge in [-0.1, -0.05) is 66.7 Å². The summed E-state index contributed by atoms with van der Waals surface area (Å²) in [6, 6.07) is 30.1. The summed E-state index contributed by atoms with van der Waals surface area (Å²) in [5.41, 5.74) is 3.41. The molecule has 0 radical (unpaired) electrons. The smallest absolute Gasteiger partial charge is 0.123 e. The van der Waals surface area contributed by atoms with E-state index >= 15 is 0 Å². The summed E-state index contributed by atoms with van der Waals surface area (Å²) in [5, 5.41) is 21.8. The van der Waals surface area contributed by atoms with Crippen molar-refractivity contribution >= 4 is 10.8 Å². The molecule has 2 atom stereocenters. The molecular formula is C33H37NO5. The van der Waals surface area contributed by atoms with Crippen LogP contribution in [0.2, 0.25) is 0 Å². The molecule has 0 spiro atoms. The van der Waals surface area contributed by atoms with E-state index in [9.17, 15) is 10.2 Å². The molecule has 0 aromatic heterocycles. The first-order chi connectivity index (χ1) is 19.2. The number of ether oxygens (including phenoxy) is 3. The van der Waals surface area contributed by atoms with E-state index in [1.54, 1.807) is 6.07 Å². The number of benzene rings is 4. The van der Waals surface area contributed by atoms with Crippen molar-refractivity contribution < 1.29 is 24.4 Å². The zero-order valence-electron chi connectivity index (χ0n) is 22.2. The first-order valence-corrected chi connectivity index (χ1v) is 13.7. The summed E-state index contributed by atoms with van der Waals surface area (Å²) in [7, 11) is 0. The monoisotopic (exact) mass is 527 g/mol. The zero-order valence-corrected chi connectivity index (χ0v) is 22.2. The molecule has 1 heterocycles. The van der Waals surface area contributed by atoms with Crippen LogP contribution in [0.15, 0.2) is 91.0 Å². The molecule has 1 saturated heterocycles. The molecule has 1 fully saturated rings. The van der Waals surface area contributed by atoms with Crippen LogP contribution < -0.4 is 4.74 Å². The van der Waals surface area contributed by atoms with Gasteiger partial charge in [-0.15, -0.1) is 0 Å². The minimum Gasteiger partial charge on any atom is -0.507 e. The van der Waals surface area contributed by atoms with Crippen molar-refractivity contribution in [1.82, 2.24) is 4.90 Å². The molecule has 6 heteroatoms. The van der Waals surface area contributed by atoms with Gasteiger partial charge in [-0.05, 0) is 52.8 Å². The van der Waals surface area contributed by atoms with Crippen LogP contribution in [0.25, 0.3) is 10.8 Å². The molecule has 2 unspecified atom stereocenters. The number of phenolic OH excluding ortho intramolecular Hbond substituents is 1. The number of nitrogens with zero attached hydrogens (tertiary/aromatic N) is 1. The molecular weight excluding hydrogens is 490 g/mol. The zero-order chi connectivity index (χ0) is 26.9. The lowest BCUT2D eigenvalue weighted by atomic mass is 9.87. The quantitative estimate of drug-likeness (QED) is 0.225. The van der Waals surface area contributed by atoms with Crippen molar-refractivity contribution in [3.05, 3.63) is 108 Å². The van der Waals surface area contributed by atoms with Gasteiger partial charge in [0.15, 0.2) is 0 Å². The first kappa shape index (κ1) is 27.2. The summed E-state index contributed by atoms with van der Waals surface area (Å²) in [4.78, 5) is 2.02. The van der Waals surface area contributed by atoms with E-state index in [0.717, 1.165) is 41.5 Å². The number of aliphatic hydroxyl groups is 1. The highest BCUT2D eigenvalue weighted by molar-refractivity contribution is 5.88. The van der Waals surface area contributed by atoms with Crippen LogP contribution >= 0.6 is 0 Å². The van der Waals surface area contributed by atoms with Crippen LogP contribution in [0.3, 0.4) is 0 Å². The van der Waals surface area contributed by atoms with Crippen LogP contribution in [0.4, 0.5) is 0 Å². The lowest BCUT2D eigenvalue weighted by molar-refractivity contribution is -0.0442. The number of phenols is 1. The largest absolute Gasteiger partial charge is 0.507 e. The Morgan fingerprint density at radius 2 is 1.67 bits per heavy atom. The summed E-state index contributed by atoms with van der Waals surface area (Å²) < 4.78 is 18.1. The van der Waals surface area contributed by atoms with Crippen molar-refractivity contribution in [3.63, 3.8) is 0 Å². The fourth-order valence-electron chi connectivity index (χ4n) is 5.18. The van der Waals surface area contributed by atoms with Crippen LogP contribution in [0.1, 0.15) is 35.4 Å². The highest BCUT2D eigenvalue weighted by atomic mass is 16.5. The summed E-state index contributed by atoms with van der Waals surface area (Å²) >= 11 is 0. The molecule has 39 heavy (non-hydrogen) atoms. The Morgan fingerprint density at radius 1 is 0.821 bits per heavy atom. The van der Waals surface area contributed by atoms with Crippen LogP contribution in [0, 0.1) is 0 Å². The third kappa shape index (κ3) is 7.37. The molecule has 6 nitrogen and oxygen atoms in total. The van der Waals surface area contributed by atoms with Gasteiger partial charge in [-0.25, -0.2) is 0 Å². The van der Waals surface area contributed by atoms with E-state index in [1.165, 1.54) is 11.1 Å². The standard InChI is InChI=1S/C33H37NO5/c35-24-34-17-16-30(33(21-34)39-23-26-10-11-27-8-4-9-32(36)31(27)20-26)28-12-14-29(15-13-28)38-19-5-18-37-22-25-6-2-1-3-7-25/h1-4,6-15,20,30,33,35-36H,5,16-19,21-24H2. The lowest BCUT2D eigenvalue weighted by Gasteiger charge is -2.37. The van der Waals surface area contributed by atoms with Gasteiger partial charge in [0.1, 0.15) is 11.5 Å². The topological polar surface area (TPSA) is 71.4 Å². The van der Waals surface area contributed by atoms with Crippen LogP contribution in [-0.2, 0) is 22.7 Å². The number of rotatable bonds is 12.